The van der Waals surface area contributed by atoms with E-state index in [-0.39, 0.29) is 0 Å². The molecule has 0 aliphatic carbocycles. The Morgan fingerprint density at radius 3 is 2.05 bits per heavy atom. The smallest absolute Gasteiger partial charge is 0.184 e. The van der Waals surface area contributed by atoms with Crippen LogP contribution in [0.25, 0.3) is 21.7 Å². The van der Waals surface area contributed by atoms with Crippen molar-refractivity contribution in [2.45, 2.75) is 0 Å². The van der Waals surface area contributed by atoms with Gasteiger partial charge in [0.05, 0.1) is 10.6 Å². The highest BCUT2D eigenvalue weighted by Crippen LogP contribution is 2.39. The molecule has 0 unspecified atom stereocenters. The third-order valence-corrected chi connectivity index (χ3v) is 4.46. The molecule has 0 aliphatic rings. The maximum atomic E-state index is 6.09. The monoisotopic (exact) mass is 339 g/mol. The lowest BCUT2D eigenvalue weighted by Crippen LogP contribution is -1.82. The summed E-state index contributed by atoms with van der Waals surface area (Å²) in [7, 11) is 0. The third kappa shape index (κ3) is 2.84. The predicted octanol–water partition coefficient (Wildman–Crippen LogP) is 6.44. The van der Waals surface area contributed by atoms with Crippen molar-refractivity contribution in [2.75, 3.05) is 0 Å². The van der Waals surface area contributed by atoms with Crippen molar-refractivity contribution >= 4 is 46.1 Å². The van der Waals surface area contributed by atoms with Crippen LogP contribution in [0.4, 0.5) is 0 Å². The first kappa shape index (κ1) is 13.9. The summed E-state index contributed by atoms with van der Waals surface area (Å²) in [6.45, 7) is 0. The van der Waals surface area contributed by atoms with Crippen LogP contribution in [0.1, 0.15) is 0 Å². The van der Waals surface area contributed by atoms with Gasteiger partial charge in [0.25, 0.3) is 0 Å². The van der Waals surface area contributed by atoms with Crippen LogP contribution in [0.3, 0.4) is 0 Å². The average Bonchev–Trinajstić information content (AvgIpc) is 2.81. The maximum Gasteiger partial charge on any atom is 0.184 e. The summed E-state index contributed by atoms with van der Waals surface area (Å²) in [6.07, 6.45) is 0. The summed E-state index contributed by atoms with van der Waals surface area (Å²) < 4.78 is 0.495. The van der Waals surface area contributed by atoms with Gasteiger partial charge in [-0.3, -0.25) is 0 Å². The van der Waals surface area contributed by atoms with Crippen molar-refractivity contribution in [1.82, 2.24) is 4.98 Å². The molecular formula is C15H8Cl3NS. The Morgan fingerprint density at radius 2 is 1.40 bits per heavy atom. The van der Waals surface area contributed by atoms with Gasteiger partial charge in [0, 0.05) is 15.6 Å². The van der Waals surface area contributed by atoms with Crippen LogP contribution >= 0.6 is 46.1 Å². The van der Waals surface area contributed by atoms with Gasteiger partial charge in [-0.1, -0.05) is 59.1 Å². The van der Waals surface area contributed by atoms with Crippen LogP contribution in [-0.4, -0.2) is 4.98 Å². The Bertz CT molecular complexity index is 704. The topological polar surface area (TPSA) is 12.9 Å². The second kappa shape index (κ2) is 5.74. The van der Waals surface area contributed by atoms with E-state index in [1.807, 2.05) is 48.5 Å². The van der Waals surface area contributed by atoms with Gasteiger partial charge < -0.3 is 0 Å². The SMILES string of the molecule is Clc1cccc(-c2nc(Cl)sc2-c2cccc(Cl)c2)c1. The minimum atomic E-state index is 0.495. The Balaban J connectivity index is 2.18. The van der Waals surface area contributed by atoms with E-state index in [9.17, 15) is 0 Å². The molecule has 20 heavy (non-hydrogen) atoms. The van der Waals surface area contributed by atoms with Crippen LogP contribution in [0.2, 0.25) is 14.5 Å². The first-order chi connectivity index (χ1) is 9.63. The Hall–Kier alpha value is -1.06. The second-order valence-corrected chi connectivity index (χ2v) is 6.62. The molecule has 0 aliphatic heterocycles. The zero-order valence-corrected chi connectivity index (χ0v) is 13.2. The molecule has 0 bridgehead atoms. The van der Waals surface area contributed by atoms with Crippen molar-refractivity contribution in [2.24, 2.45) is 0 Å². The van der Waals surface area contributed by atoms with E-state index < -0.39 is 0 Å². The van der Waals surface area contributed by atoms with Crippen molar-refractivity contribution in [3.05, 3.63) is 63.0 Å². The molecular weight excluding hydrogens is 333 g/mol. The van der Waals surface area contributed by atoms with Gasteiger partial charge in [-0.2, -0.15) is 0 Å². The van der Waals surface area contributed by atoms with Gasteiger partial charge in [-0.05, 0) is 29.8 Å². The molecule has 0 atom stereocenters. The standard InChI is InChI=1S/C15H8Cl3NS/c16-11-5-1-3-9(7-11)13-14(20-15(18)19-13)10-4-2-6-12(17)8-10/h1-8H. The van der Waals surface area contributed by atoms with Crippen molar-refractivity contribution < 1.29 is 0 Å². The number of hydrogen-bond acceptors (Lipinski definition) is 2. The van der Waals surface area contributed by atoms with Crippen LogP contribution < -0.4 is 0 Å². The highest BCUT2D eigenvalue weighted by Gasteiger charge is 2.14. The number of rotatable bonds is 2. The first-order valence-electron chi connectivity index (χ1n) is 5.82. The highest BCUT2D eigenvalue weighted by atomic mass is 35.5. The molecule has 0 radical (unpaired) electrons. The zero-order valence-electron chi connectivity index (χ0n) is 10.1. The summed E-state index contributed by atoms with van der Waals surface area (Å²) in [5.74, 6) is 0. The van der Waals surface area contributed by atoms with E-state index in [0.29, 0.717) is 14.5 Å². The lowest BCUT2D eigenvalue weighted by atomic mass is 10.1. The number of benzene rings is 2. The van der Waals surface area contributed by atoms with Crippen molar-refractivity contribution in [3.8, 4) is 21.7 Å². The molecule has 0 saturated heterocycles. The van der Waals surface area contributed by atoms with E-state index >= 15 is 0 Å². The van der Waals surface area contributed by atoms with Gasteiger partial charge in [-0.15, -0.1) is 11.3 Å². The van der Waals surface area contributed by atoms with Gasteiger partial charge >= 0.3 is 0 Å². The van der Waals surface area contributed by atoms with Crippen LogP contribution in [0.5, 0.6) is 0 Å². The minimum Gasteiger partial charge on any atom is -0.224 e. The molecule has 0 saturated carbocycles. The van der Waals surface area contributed by atoms with Crippen LogP contribution in [-0.2, 0) is 0 Å². The van der Waals surface area contributed by atoms with E-state index in [0.717, 1.165) is 21.7 Å². The van der Waals surface area contributed by atoms with E-state index in [2.05, 4.69) is 4.98 Å². The number of hydrogen-bond donors (Lipinski definition) is 0. The van der Waals surface area contributed by atoms with Crippen molar-refractivity contribution in [1.29, 1.82) is 0 Å². The largest absolute Gasteiger partial charge is 0.224 e. The van der Waals surface area contributed by atoms with E-state index in [1.165, 1.54) is 11.3 Å². The Kier molecular flexibility index (Phi) is 3.99. The van der Waals surface area contributed by atoms with Gasteiger partial charge in [0.15, 0.2) is 4.47 Å². The van der Waals surface area contributed by atoms with Crippen molar-refractivity contribution in [3.63, 3.8) is 0 Å². The maximum absolute atomic E-state index is 6.09. The quantitative estimate of drug-likeness (QED) is 0.523. The molecule has 0 N–H and O–H groups in total. The first-order valence-corrected chi connectivity index (χ1v) is 7.77. The van der Waals surface area contributed by atoms with Gasteiger partial charge in [-0.25, -0.2) is 4.98 Å². The number of thiazole rings is 1. The molecule has 3 rings (SSSR count). The molecule has 0 fully saturated rings. The summed E-state index contributed by atoms with van der Waals surface area (Å²) in [5.41, 5.74) is 2.76. The van der Waals surface area contributed by atoms with E-state index in [4.69, 9.17) is 34.8 Å². The number of halogens is 3. The summed E-state index contributed by atoms with van der Waals surface area (Å²) in [4.78, 5) is 5.40. The van der Waals surface area contributed by atoms with Crippen LogP contribution in [0, 0.1) is 0 Å². The lowest BCUT2D eigenvalue weighted by molar-refractivity contribution is 1.41. The number of nitrogens with zero attached hydrogens (tertiary/aromatic N) is 1. The lowest BCUT2D eigenvalue weighted by Gasteiger charge is -2.03. The average molecular weight is 341 g/mol. The molecule has 1 aromatic heterocycles. The number of aromatic nitrogens is 1. The fraction of sp³-hybridized carbons (Fsp3) is 0. The molecule has 3 aromatic rings. The highest BCUT2D eigenvalue weighted by molar-refractivity contribution is 7.19. The van der Waals surface area contributed by atoms with Crippen LogP contribution in [0.15, 0.2) is 48.5 Å². The summed E-state index contributed by atoms with van der Waals surface area (Å²) in [5, 5.41) is 1.35. The minimum absolute atomic E-state index is 0.495. The summed E-state index contributed by atoms with van der Waals surface area (Å²) >= 11 is 19.6. The van der Waals surface area contributed by atoms with Gasteiger partial charge in [0.1, 0.15) is 0 Å². The third-order valence-electron chi connectivity index (χ3n) is 2.79. The summed E-state index contributed by atoms with van der Waals surface area (Å²) in [6, 6.07) is 15.2. The molecule has 2 aromatic carbocycles. The Labute approximate surface area is 135 Å². The molecule has 100 valence electrons. The second-order valence-electron chi connectivity index (χ2n) is 4.17. The molecule has 0 spiro atoms. The fourth-order valence-electron chi connectivity index (χ4n) is 1.95. The zero-order chi connectivity index (χ0) is 14.1. The van der Waals surface area contributed by atoms with E-state index in [1.54, 1.807) is 0 Å². The fourth-order valence-corrected chi connectivity index (χ4v) is 3.46. The van der Waals surface area contributed by atoms with Gasteiger partial charge in [0.2, 0.25) is 0 Å². The normalized spacial score (nSPS) is 10.8. The predicted molar refractivity (Wildman–Crippen MR) is 88.0 cm³/mol. The molecule has 1 nitrogen and oxygen atoms in total. The molecule has 1 heterocycles. The Morgan fingerprint density at radius 1 is 0.800 bits per heavy atom. The molecule has 5 heteroatoms. The molecule has 0 amide bonds.